The Kier molecular flexibility index (Phi) is 6.14. The minimum atomic E-state index is -0.0807. The van der Waals surface area contributed by atoms with Crippen LogP contribution in [0.5, 0.6) is 5.75 Å². The van der Waals surface area contributed by atoms with E-state index in [1.54, 1.807) is 24.5 Å². The molecule has 3 aromatic rings. The van der Waals surface area contributed by atoms with E-state index in [2.05, 4.69) is 26.5 Å². The Labute approximate surface area is 157 Å². The summed E-state index contributed by atoms with van der Waals surface area (Å²) < 4.78 is 10.9. The first-order valence-corrected chi connectivity index (χ1v) is 8.81. The molecule has 140 valence electrons. The molecule has 7 heteroatoms. The number of hydrogen-bond donors (Lipinski definition) is 1. The summed E-state index contributed by atoms with van der Waals surface area (Å²) in [5.74, 6) is 1.69. The predicted octanol–water partition coefficient (Wildman–Crippen LogP) is 2.88. The minimum Gasteiger partial charge on any atom is -0.491 e. The molecule has 1 aromatic carbocycles. The number of nitrogens with zero attached hydrogens (tertiary/aromatic N) is 3. The average Bonchev–Trinajstić information content (AvgIpc) is 3.15. The smallest absolute Gasteiger partial charge is 0.227 e. The summed E-state index contributed by atoms with van der Waals surface area (Å²) in [6.07, 6.45) is 4.00. The Morgan fingerprint density at radius 3 is 2.78 bits per heavy atom. The number of amides is 1. The van der Waals surface area contributed by atoms with Gasteiger partial charge in [0.2, 0.25) is 17.6 Å². The van der Waals surface area contributed by atoms with Crippen molar-refractivity contribution >= 4 is 5.91 Å². The fraction of sp³-hybridized carbons (Fsp3) is 0.300. The number of benzene rings is 1. The summed E-state index contributed by atoms with van der Waals surface area (Å²) in [7, 11) is 0. The van der Waals surface area contributed by atoms with Crippen molar-refractivity contribution in [2.75, 3.05) is 13.2 Å². The normalized spacial score (nSPS) is 10.6. The van der Waals surface area contributed by atoms with Gasteiger partial charge in [-0.3, -0.25) is 9.78 Å². The summed E-state index contributed by atoms with van der Waals surface area (Å²) in [5.41, 5.74) is 3.11. The fourth-order valence-corrected chi connectivity index (χ4v) is 2.60. The van der Waals surface area contributed by atoms with Crippen molar-refractivity contribution in [3.05, 3.63) is 59.7 Å². The molecular weight excluding hydrogens is 344 g/mol. The van der Waals surface area contributed by atoms with Crippen LogP contribution in [-0.2, 0) is 11.2 Å². The molecule has 0 aliphatic carbocycles. The van der Waals surface area contributed by atoms with E-state index in [-0.39, 0.29) is 12.3 Å². The van der Waals surface area contributed by atoms with Gasteiger partial charge in [-0.1, -0.05) is 22.9 Å². The lowest BCUT2D eigenvalue weighted by Crippen LogP contribution is -2.28. The van der Waals surface area contributed by atoms with E-state index >= 15 is 0 Å². The maximum Gasteiger partial charge on any atom is 0.227 e. The molecule has 0 atom stereocenters. The van der Waals surface area contributed by atoms with Gasteiger partial charge in [0.25, 0.3) is 0 Å². The second-order valence-electron chi connectivity index (χ2n) is 6.21. The van der Waals surface area contributed by atoms with Crippen molar-refractivity contribution in [2.24, 2.45) is 0 Å². The molecule has 0 bridgehead atoms. The third-order valence-corrected chi connectivity index (χ3v) is 3.98. The highest BCUT2D eigenvalue weighted by Gasteiger charge is 2.10. The Balaban J connectivity index is 1.38. The summed E-state index contributed by atoms with van der Waals surface area (Å²) >= 11 is 0. The molecule has 0 aliphatic rings. The van der Waals surface area contributed by atoms with Crippen LogP contribution in [0.25, 0.3) is 11.4 Å². The van der Waals surface area contributed by atoms with Gasteiger partial charge in [-0.25, -0.2) is 0 Å². The molecule has 0 aliphatic heterocycles. The van der Waals surface area contributed by atoms with E-state index in [1.807, 2.05) is 26.0 Å². The van der Waals surface area contributed by atoms with Crippen LogP contribution in [0.1, 0.15) is 23.4 Å². The van der Waals surface area contributed by atoms with Crippen LogP contribution in [0.15, 0.2) is 47.2 Å². The molecule has 0 spiro atoms. The van der Waals surface area contributed by atoms with E-state index in [0.29, 0.717) is 31.3 Å². The predicted molar refractivity (Wildman–Crippen MR) is 100 cm³/mol. The molecular formula is C20H22N4O3. The van der Waals surface area contributed by atoms with Gasteiger partial charge in [0.05, 0.1) is 6.54 Å². The van der Waals surface area contributed by atoms with Crippen LogP contribution in [0.4, 0.5) is 0 Å². The number of ether oxygens (including phenoxy) is 1. The van der Waals surface area contributed by atoms with E-state index in [9.17, 15) is 4.79 Å². The number of aromatic nitrogens is 3. The summed E-state index contributed by atoms with van der Waals surface area (Å²) in [6, 6.07) is 9.63. The van der Waals surface area contributed by atoms with Crippen molar-refractivity contribution in [1.29, 1.82) is 0 Å². The van der Waals surface area contributed by atoms with Gasteiger partial charge in [0, 0.05) is 30.8 Å². The lowest BCUT2D eigenvalue weighted by atomic mass is 10.1. The Hall–Kier alpha value is -3.22. The van der Waals surface area contributed by atoms with Crippen LogP contribution in [0.3, 0.4) is 0 Å². The molecule has 0 radical (unpaired) electrons. The number of carbonyl (C=O) groups is 1. The second-order valence-corrected chi connectivity index (χ2v) is 6.21. The molecule has 7 nitrogen and oxygen atoms in total. The van der Waals surface area contributed by atoms with Crippen LogP contribution >= 0.6 is 0 Å². The van der Waals surface area contributed by atoms with Crippen molar-refractivity contribution in [3.8, 4) is 17.1 Å². The summed E-state index contributed by atoms with van der Waals surface area (Å²) in [6.45, 7) is 4.91. The van der Waals surface area contributed by atoms with Gasteiger partial charge in [-0.05, 0) is 37.6 Å². The highest BCUT2D eigenvalue weighted by molar-refractivity contribution is 5.76. The highest BCUT2D eigenvalue weighted by atomic mass is 16.5. The van der Waals surface area contributed by atoms with Crippen molar-refractivity contribution in [3.63, 3.8) is 0 Å². The van der Waals surface area contributed by atoms with E-state index in [4.69, 9.17) is 9.26 Å². The number of carbonyl (C=O) groups excluding carboxylic acids is 1. The molecule has 0 saturated heterocycles. The lowest BCUT2D eigenvalue weighted by molar-refractivity contribution is -0.121. The molecule has 1 N–H and O–H groups in total. The SMILES string of the molecule is Cc1ccc(OCCNC(=O)CCc2nc(-c3ccncc3)no2)c(C)c1. The van der Waals surface area contributed by atoms with Crippen molar-refractivity contribution in [2.45, 2.75) is 26.7 Å². The number of hydrogen-bond acceptors (Lipinski definition) is 6. The molecule has 0 saturated carbocycles. The second kappa shape index (κ2) is 8.93. The van der Waals surface area contributed by atoms with Crippen molar-refractivity contribution in [1.82, 2.24) is 20.4 Å². The van der Waals surface area contributed by atoms with Crippen LogP contribution in [-0.4, -0.2) is 34.2 Å². The molecule has 2 heterocycles. The van der Waals surface area contributed by atoms with Crippen molar-refractivity contribution < 1.29 is 14.1 Å². The molecule has 0 fully saturated rings. The lowest BCUT2D eigenvalue weighted by Gasteiger charge is -2.10. The largest absolute Gasteiger partial charge is 0.491 e. The Bertz CT molecular complexity index is 893. The van der Waals surface area contributed by atoms with Gasteiger partial charge >= 0.3 is 0 Å². The number of nitrogens with one attached hydrogen (secondary N) is 1. The van der Waals surface area contributed by atoms with Crippen LogP contribution in [0, 0.1) is 13.8 Å². The molecule has 3 rings (SSSR count). The van der Waals surface area contributed by atoms with Gasteiger partial charge in [-0.15, -0.1) is 0 Å². The summed E-state index contributed by atoms with van der Waals surface area (Å²) in [4.78, 5) is 20.2. The van der Waals surface area contributed by atoms with Gasteiger partial charge in [0.1, 0.15) is 12.4 Å². The molecule has 27 heavy (non-hydrogen) atoms. The fourth-order valence-electron chi connectivity index (χ4n) is 2.60. The quantitative estimate of drug-likeness (QED) is 0.617. The highest BCUT2D eigenvalue weighted by Crippen LogP contribution is 2.18. The average molecular weight is 366 g/mol. The number of pyridine rings is 1. The third-order valence-electron chi connectivity index (χ3n) is 3.98. The Morgan fingerprint density at radius 1 is 1.19 bits per heavy atom. The maximum atomic E-state index is 12.0. The number of rotatable bonds is 8. The monoisotopic (exact) mass is 366 g/mol. The first-order valence-electron chi connectivity index (χ1n) is 8.81. The first kappa shape index (κ1) is 18.6. The van der Waals surface area contributed by atoms with E-state index < -0.39 is 0 Å². The standard InChI is InChI=1S/C20H22N4O3/c1-14-3-4-17(15(2)13-14)26-12-11-22-18(25)5-6-19-23-20(24-27-19)16-7-9-21-10-8-16/h3-4,7-10,13H,5-6,11-12H2,1-2H3,(H,22,25). The van der Waals surface area contributed by atoms with E-state index in [0.717, 1.165) is 16.9 Å². The van der Waals surface area contributed by atoms with Gasteiger partial charge in [0.15, 0.2) is 0 Å². The van der Waals surface area contributed by atoms with Crippen LogP contribution in [0.2, 0.25) is 0 Å². The molecule has 1 amide bonds. The third kappa shape index (κ3) is 5.37. The van der Waals surface area contributed by atoms with Crippen LogP contribution < -0.4 is 10.1 Å². The zero-order valence-corrected chi connectivity index (χ0v) is 15.4. The van der Waals surface area contributed by atoms with Gasteiger partial charge in [-0.2, -0.15) is 4.98 Å². The Morgan fingerprint density at radius 2 is 2.00 bits per heavy atom. The molecule has 0 unspecified atom stereocenters. The zero-order chi connectivity index (χ0) is 19.1. The molecule has 2 aromatic heterocycles. The maximum absolute atomic E-state index is 12.0. The van der Waals surface area contributed by atoms with Gasteiger partial charge < -0.3 is 14.6 Å². The van der Waals surface area contributed by atoms with E-state index in [1.165, 1.54) is 5.56 Å². The minimum absolute atomic E-state index is 0.0807. The first-order chi connectivity index (χ1) is 13.1. The topological polar surface area (TPSA) is 90.1 Å². The zero-order valence-electron chi connectivity index (χ0n) is 15.4. The number of aryl methyl sites for hydroxylation is 3. The summed E-state index contributed by atoms with van der Waals surface area (Å²) in [5, 5.41) is 6.75.